The second kappa shape index (κ2) is 13.0. The molecule has 0 amide bonds. The molecule has 7 nitrogen and oxygen atoms in total. The van der Waals surface area contributed by atoms with E-state index < -0.39 is 13.3 Å². The molecule has 0 aliphatic rings. The summed E-state index contributed by atoms with van der Waals surface area (Å²) in [5.74, 6) is 0.325. The monoisotopic (exact) mass is 554 g/mol. The Kier molecular flexibility index (Phi) is 12.3. The minimum absolute atomic E-state index is 0.260. The quantitative estimate of drug-likeness (QED) is 0.200. The first-order valence-corrected chi connectivity index (χ1v) is 17.0. The first-order chi connectivity index (χ1) is 15.6. The normalized spacial score (nSPS) is 13.6. The molecule has 0 atom stereocenters. The van der Waals surface area contributed by atoms with Crippen molar-refractivity contribution in [2.45, 2.75) is 86.6 Å². The molecule has 0 unspecified atom stereocenters. The molecule has 0 bridgehead atoms. The van der Waals surface area contributed by atoms with Gasteiger partial charge >= 0.3 is 0 Å². The number of phenols is 1. The average Bonchev–Trinajstić information content (AvgIpc) is 2.67. The molecule has 1 rings (SSSR count). The van der Waals surface area contributed by atoms with E-state index in [1.54, 1.807) is 4.78 Å². The summed E-state index contributed by atoms with van der Waals surface area (Å²) in [7, 11) is 0. The van der Waals surface area contributed by atoms with Crippen LogP contribution in [0.2, 0.25) is 0 Å². The van der Waals surface area contributed by atoms with Crippen molar-refractivity contribution in [3.05, 3.63) is 28.8 Å². The van der Waals surface area contributed by atoms with Crippen molar-refractivity contribution in [3.8, 4) is 5.75 Å². The lowest BCUT2D eigenvalue weighted by Crippen LogP contribution is -2.35. The molecule has 198 valence electrons. The molecule has 0 aliphatic carbocycles. The van der Waals surface area contributed by atoms with Gasteiger partial charge in [-0.3, -0.25) is 0 Å². The van der Waals surface area contributed by atoms with Gasteiger partial charge in [-0.05, 0) is 78.8 Å². The largest absolute Gasteiger partial charge is 0.507 e. The van der Waals surface area contributed by atoms with Crippen LogP contribution in [0.15, 0.2) is 12.1 Å². The molecule has 0 aliphatic heterocycles. The van der Waals surface area contributed by atoms with Gasteiger partial charge in [0.15, 0.2) is 0 Å². The van der Waals surface area contributed by atoms with Gasteiger partial charge in [0.2, 0.25) is 0 Å². The highest BCUT2D eigenvalue weighted by atomic mass is 32.5. The summed E-state index contributed by atoms with van der Waals surface area (Å²) in [4.78, 5) is 0. The molecular weight excluding hydrogens is 510 g/mol. The summed E-state index contributed by atoms with van der Waals surface area (Å²) in [6.45, 7) is 16.1. The van der Waals surface area contributed by atoms with E-state index in [1.165, 1.54) is 0 Å². The molecule has 34 heavy (non-hydrogen) atoms. The third kappa shape index (κ3) is 8.88. The van der Waals surface area contributed by atoms with Gasteiger partial charge in [0.25, 0.3) is 13.3 Å². The van der Waals surface area contributed by atoms with E-state index in [4.69, 9.17) is 41.7 Å². The zero-order valence-electron chi connectivity index (χ0n) is 22.4. The highest BCUT2D eigenvalue weighted by Crippen LogP contribution is 2.56. The van der Waals surface area contributed by atoms with Crippen LogP contribution >= 0.6 is 13.3 Å². The first kappa shape index (κ1) is 32.1. The van der Waals surface area contributed by atoms with Crippen molar-refractivity contribution in [1.29, 1.82) is 0 Å². The molecule has 0 saturated carbocycles. The van der Waals surface area contributed by atoms with Crippen LogP contribution in [-0.4, -0.2) is 36.3 Å². The summed E-state index contributed by atoms with van der Waals surface area (Å²) in [5.41, 5.74) is 2.16. The number of hydrogen-bond donors (Lipinski definition) is 2. The number of aromatic hydroxyl groups is 1. The Morgan fingerprint density at radius 3 is 1.50 bits per heavy atom. The Labute approximate surface area is 217 Å². The predicted molar refractivity (Wildman–Crippen MR) is 149 cm³/mol. The molecule has 0 radical (unpaired) electrons. The SMILES string of the molecule is CCOP(=S)(NN(Cc1cc(C(C)(C)C)c(O)c(C(C)(C)C)c1)P(=S)(OCC)OCC)OCC. The molecular formula is C23H44N2O5P2S2. The number of nitrogens with zero attached hydrogens (tertiary/aromatic N) is 1. The van der Waals surface area contributed by atoms with Crippen LogP contribution in [-0.2, 0) is 59.1 Å². The van der Waals surface area contributed by atoms with Gasteiger partial charge in [-0.25, -0.2) is 0 Å². The topological polar surface area (TPSA) is 72.4 Å². The Morgan fingerprint density at radius 1 is 0.794 bits per heavy atom. The maximum Gasteiger partial charge on any atom is 0.278 e. The second-order valence-electron chi connectivity index (χ2n) is 9.83. The van der Waals surface area contributed by atoms with Crippen molar-refractivity contribution in [3.63, 3.8) is 0 Å². The minimum atomic E-state index is -2.97. The number of hydrazine groups is 1. The smallest absolute Gasteiger partial charge is 0.278 e. The van der Waals surface area contributed by atoms with E-state index in [0.717, 1.165) is 16.7 Å². The van der Waals surface area contributed by atoms with Crippen LogP contribution in [0.25, 0.3) is 0 Å². The fourth-order valence-electron chi connectivity index (χ4n) is 3.36. The Balaban J connectivity index is 3.70. The van der Waals surface area contributed by atoms with Gasteiger partial charge < -0.3 is 23.2 Å². The van der Waals surface area contributed by atoms with Crippen LogP contribution in [0.3, 0.4) is 0 Å². The van der Waals surface area contributed by atoms with Crippen molar-refractivity contribution in [2.24, 2.45) is 0 Å². The number of nitrogens with one attached hydrogen (secondary N) is 1. The van der Waals surface area contributed by atoms with Crippen molar-refractivity contribution in [2.75, 3.05) is 26.4 Å². The maximum absolute atomic E-state index is 11.1. The molecule has 0 spiro atoms. The molecule has 1 aromatic rings. The molecule has 0 fully saturated rings. The molecule has 1 aromatic carbocycles. The number of rotatable bonds is 13. The zero-order chi connectivity index (χ0) is 26.4. The van der Waals surface area contributed by atoms with Gasteiger partial charge in [-0.15, -0.1) is 0 Å². The van der Waals surface area contributed by atoms with Gasteiger partial charge in [-0.2, -0.15) is 9.98 Å². The summed E-state index contributed by atoms with van der Waals surface area (Å²) >= 11 is 11.7. The van der Waals surface area contributed by atoms with E-state index in [-0.39, 0.29) is 10.8 Å². The molecule has 0 aromatic heterocycles. The standard InChI is InChI=1S/C23H44N2O5P2S2/c1-11-27-31(33,28-12-2)24-25(32(34,29-13-3)30-14-4)17-18-15-19(22(5,6)7)21(26)20(16-18)23(8,9)10/h15-16,26H,11-14,17H2,1-10H3,(H,24,33). The van der Waals surface area contributed by atoms with E-state index in [9.17, 15) is 5.11 Å². The van der Waals surface area contributed by atoms with Crippen molar-refractivity contribution < 1.29 is 23.2 Å². The van der Waals surface area contributed by atoms with E-state index in [0.29, 0.717) is 38.7 Å². The summed E-state index contributed by atoms with van der Waals surface area (Å²) in [6.07, 6.45) is 0. The lowest BCUT2D eigenvalue weighted by molar-refractivity contribution is 0.183. The fraction of sp³-hybridized carbons (Fsp3) is 0.739. The van der Waals surface area contributed by atoms with Crippen LogP contribution in [0.4, 0.5) is 0 Å². The van der Waals surface area contributed by atoms with Crippen LogP contribution in [0.1, 0.15) is 85.9 Å². The van der Waals surface area contributed by atoms with E-state index in [1.807, 2.05) is 39.8 Å². The molecule has 2 N–H and O–H groups in total. The predicted octanol–water partition coefficient (Wildman–Crippen LogP) is 6.89. The first-order valence-electron chi connectivity index (χ1n) is 11.8. The number of benzene rings is 1. The van der Waals surface area contributed by atoms with Crippen molar-refractivity contribution in [1.82, 2.24) is 9.98 Å². The van der Waals surface area contributed by atoms with Gasteiger partial charge in [0.1, 0.15) is 5.75 Å². The number of phenolic OH excluding ortho intramolecular Hbond substituents is 1. The zero-order valence-corrected chi connectivity index (χ0v) is 25.9. The van der Waals surface area contributed by atoms with Crippen molar-refractivity contribution >= 4 is 36.9 Å². The van der Waals surface area contributed by atoms with Crippen LogP contribution in [0, 0.1) is 0 Å². The Bertz CT molecular complexity index is 845. The molecule has 11 heteroatoms. The average molecular weight is 555 g/mol. The maximum atomic E-state index is 11.1. The summed E-state index contributed by atoms with van der Waals surface area (Å²) in [6, 6.07) is 4.03. The van der Waals surface area contributed by atoms with Crippen LogP contribution < -0.4 is 5.20 Å². The highest BCUT2D eigenvalue weighted by Gasteiger charge is 2.35. The lowest BCUT2D eigenvalue weighted by Gasteiger charge is -2.37. The minimum Gasteiger partial charge on any atom is -0.507 e. The van der Waals surface area contributed by atoms with Gasteiger partial charge in [0.05, 0.1) is 26.4 Å². The Morgan fingerprint density at radius 2 is 1.18 bits per heavy atom. The fourth-order valence-corrected chi connectivity index (χ4v) is 8.96. The third-order valence-electron chi connectivity index (χ3n) is 4.83. The molecule has 0 heterocycles. The number of hydrogen-bond acceptors (Lipinski definition) is 7. The molecule has 0 saturated heterocycles. The van der Waals surface area contributed by atoms with E-state index >= 15 is 0 Å². The van der Waals surface area contributed by atoms with E-state index in [2.05, 4.69) is 46.7 Å². The lowest BCUT2D eigenvalue weighted by atomic mass is 9.78. The summed E-state index contributed by atoms with van der Waals surface area (Å²) in [5, 5.41) is 14.4. The van der Waals surface area contributed by atoms with Gasteiger partial charge in [0, 0.05) is 6.54 Å². The Hall–Kier alpha value is 0.0800. The van der Waals surface area contributed by atoms with Gasteiger partial charge in [-0.1, -0.05) is 53.7 Å². The highest BCUT2D eigenvalue weighted by molar-refractivity contribution is 8.10. The third-order valence-corrected chi connectivity index (χ3v) is 10.8. The van der Waals surface area contributed by atoms with Crippen LogP contribution in [0.5, 0.6) is 5.75 Å². The summed E-state index contributed by atoms with van der Waals surface area (Å²) < 4.78 is 25.4. The second-order valence-corrected chi connectivity index (χ2v) is 16.3.